The van der Waals surface area contributed by atoms with E-state index in [4.69, 9.17) is 4.74 Å². The molecule has 0 aromatic rings. The number of carbonyl (C=O) groups excluding carboxylic acids is 1. The van der Waals surface area contributed by atoms with Crippen LogP contribution in [0.4, 0.5) is 0 Å². The molecule has 1 saturated heterocycles. The van der Waals surface area contributed by atoms with Crippen LogP contribution in [0.3, 0.4) is 0 Å². The lowest BCUT2D eigenvalue weighted by atomic mass is 10.0. The summed E-state index contributed by atoms with van der Waals surface area (Å²) in [6.07, 6.45) is 2.46. The summed E-state index contributed by atoms with van der Waals surface area (Å²) in [5.74, 6) is 1.19. The first kappa shape index (κ1) is 11.4. The summed E-state index contributed by atoms with van der Waals surface area (Å²) in [4.78, 5) is 14.2. The van der Waals surface area contributed by atoms with E-state index in [2.05, 4.69) is 22.9 Å². The van der Waals surface area contributed by atoms with Crippen LogP contribution in [-0.4, -0.2) is 41.9 Å². The van der Waals surface area contributed by atoms with Crippen LogP contribution < -0.4 is 0 Å². The molecule has 1 amide bonds. The Hall–Kier alpha value is -0.0900. The number of hydrogen-bond acceptors (Lipinski definition) is 2. The van der Waals surface area contributed by atoms with Gasteiger partial charge in [-0.3, -0.25) is 4.79 Å². The van der Waals surface area contributed by atoms with Gasteiger partial charge in [0.05, 0.1) is 19.3 Å². The third-order valence-corrected chi connectivity index (χ3v) is 4.15. The molecule has 0 radical (unpaired) electrons. The minimum Gasteiger partial charge on any atom is -0.377 e. The average Bonchev–Trinajstić information content (AvgIpc) is 3.11. The maximum atomic E-state index is 12.2. The predicted octanol–water partition coefficient (Wildman–Crippen LogP) is 1.65. The zero-order valence-corrected chi connectivity index (χ0v) is 10.7. The van der Waals surface area contributed by atoms with Gasteiger partial charge < -0.3 is 9.64 Å². The van der Waals surface area contributed by atoms with Crippen molar-refractivity contribution in [1.29, 1.82) is 0 Å². The minimum absolute atomic E-state index is 0.213. The molecule has 0 aromatic carbocycles. The van der Waals surface area contributed by atoms with Gasteiger partial charge in [-0.15, -0.1) is 0 Å². The van der Waals surface area contributed by atoms with Gasteiger partial charge in [0.25, 0.3) is 0 Å². The molecule has 0 bridgehead atoms. The first-order valence-electron chi connectivity index (χ1n) is 5.68. The number of carbonyl (C=O) groups is 1. The SMILES string of the molecule is CC(C(=O)N1CCOCC1CBr)C1CC1. The van der Waals surface area contributed by atoms with Crippen LogP contribution in [0.25, 0.3) is 0 Å². The molecule has 2 unspecified atom stereocenters. The number of amides is 1. The second kappa shape index (κ2) is 4.83. The number of nitrogens with zero attached hydrogens (tertiary/aromatic N) is 1. The lowest BCUT2D eigenvalue weighted by Crippen LogP contribution is -2.51. The smallest absolute Gasteiger partial charge is 0.226 e. The Labute approximate surface area is 99.3 Å². The zero-order valence-electron chi connectivity index (χ0n) is 9.12. The van der Waals surface area contributed by atoms with Crippen LogP contribution in [0.1, 0.15) is 19.8 Å². The van der Waals surface area contributed by atoms with Gasteiger partial charge in [-0.25, -0.2) is 0 Å². The molecule has 15 heavy (non-hydrogen) atoms. The molecule has 1 heterocycles. The summed E-state index contributed by atoms with van der Waals surface area (Å²) < 4.78 is 5.39. The topological polar surface area (TPSA) is 29.5 Å². The van der Waals surface area contributed by atoms with Crippen LogP contribution in [0, 0.1) is 11.8 Å². The fourth-order valence-electron chi connectivity index (χ4n) is 2.13. The average molecular weight is 276 g/mol. The van der Waals surface area contributed by atoms with E-state index in [9.17, 15) is 4.79 Å². The molecular weight excluding hydrogens is 258 g/mol. The lowest BCUT2D eigenvalue weighted by Gasteiger charge is -2.36. The van der Waals surface area contributed by atoms with E-state index >= 15 is 0 Å². The molecule has 2 atom stereocenters. The zero-order chi connectivity index (χ0) is 10.8. The number of ether oxygens (including phenoxy) is 1. The van der Waals surface area contributed by atoms with Crippen molar-refractivity contribution < 1.29 is 9.53 Å². The van der Waals surface area contributed by atoms with E-state index in [-0.39, 0.29) is 12.0 Å². The molecule has 1 saturated carbocycles. The van der Waals surface area contributed by atoms with E-state index in [0.717, 1.165) is 11.9 Å². The summed E-state index contributed by atoms with van der Waals surface area (Å²) in [6.45, 7) is 4.19. The Morgan fingerprint density at radius 3 is 2.93 bits per heavy atom. The Kier molecular flexibility index (Phi) is 3.67. The molecule has 1 aliphatic carbocycles. The molecule has 0 spiro atoms. The maximum Gasteiger partial charge on any atom is 0.226 e. The second-order valence-corrected chi connectivity index (χ2v) is 5.19. The highest BCUT2D eigenvalue weighted by Crippen LogP contribution is 2.37. The summed E-state index contributed by atoms with van der Waals surface area (Å²) in [5.41, 5.74) is 0. The molecule has 2 rings (SSSR count). The molecule has 86 valence electrons. The van der Waals surface area contributed by atoms with Crippen LogP contribution in [0.5, 0.6) is 0 Å². The Balaban J connectivity index is 1.96. The van der Waals surface area contributed by atoms with Crippen molar-refractivity contribution in [1.82, 2.24) is 4.90 Å². The predicted molar refractivity (Wildman–Crippen MR) is 62.0 cm³/mol. The molecule has 2 aliphatic rings. The minimum atomic E-state index is 0.213. The first-order valence-corrected chi connectivity index (χ1v) is 6.80. The van der Waals surface area contributed by atoms with E-state index in [1.807, 2.05) is 4.90 Å². The van der Waals surface area contributed by atoms with Gasteiger partial charge in [-0.1, -0.05) is 22.9 Å². The molecule has 2 fully saturated rings. The van der Waals surface area contributed by atoms with Crippen molar-refractivity contribution in [2.45, 2.75) is 25.8 Å². The monoisotopic (exact) mass is 275 g/mol. The molecule has 1 aliphatic heterocycles. The van der Waals surface area contributed by atoms with Gasteiger partial charge >= 0.3 is 0 Å². The van der Waals surface area contributed by atoms with Crippen LogP contribution in [0.15, 0.2) is 0 Å². The standard InChI is InChI=1S/C11H18BrNO2/c1-8(9-2-3-9)11(14)13-4-5-15-7-10(13)6-12/h8-10H,2-7H2,1H3. The third-order valence-electron chi connectivity index (χ3n) is 3.41. The quantitative estimate of drug-likeness (QED) is 0.734. The molecule has 3 nitrogen and oxygen atoms in total. The van der Waals surface area contributed by atoms with Crippen molar-refractivity contribution in [3.8, 4) is 0 Å². The first-order chi connectivity index (χ1) is 7.24. The van der Waals surface area contributed by atoms with Gasteiger partial charge in [-0.2, -0.15) is 0 Å². The summed E-state index contributed by atoms with van der Waals surface area (Å²) in [6, 6.07) is 0.229. The van der Waals surface area contributed by atoms with E-state index in [1.165, 1.54) is 12.8 Å². The summed E-state index contributed by atoms with van der Waals surface area (Å²) in [5, 5.41) is 0.816. The largest absolute Gasteiger partial charge is 0.377 e. The maximum absolute atomic E-state index is 12.2. The fraction of sp³-hybridized carbons (Fsp3) is 0.909. The Morgan fingerprint density at radius 1 is 1.60 bits per heavy atom. The normalized spacial score (nSPS) is 28.9. The number of rotatable bonds is 3. The summed E-state index contributed by atoms with van der Waals surface area (Å²) in [7, 11) is 0. The third kappa shape index (κ3) is 2.53. The van der Waals surface area contributed by atoms with Crippen molar-refractivity contribution in [3.05, 3.63) is 0 Å². The molecule has 0 aromatic heterocycles. The van der Waals surface area contributed by atoms with Crippen LogP contribution in [0.2, 0.25) is 0 Å². The molecule has 0 N–H and O–H groups in total. The molecule has 4 heteroatoms. The number of hydrogen-bond donors (Lipinski definition) is 0. The second-order valence-electron chi connectivity index (χ2n) is 4.54. The van der Waals surface area contributed by atoms with E-state index in [1.54, 1.807) is 0 Å². The highest BCUT2D eigenvalue weighted by molar-refractivity contribution is 9.09. The van der Waals surface area contributed by atoms with Gasteiger partial charge in [0.2, 0.25) is 5.91 Å². The van der Waals surface area contributed by atoms with Gasteiger partial charge in [-0.05, 0) is 18.8 Å². The van der Waals surface area contributed by atoms with Crippen molar-refractivity contribution in [2.75, 3.05) is 25.1 Å². The van der Waals surface area contributed by atoms with Gasteiger partial charge in [0.1, 0.15) is 0 Å². The fourth-order valence-corrected chi connectivity index (χ4v) is 2.67. The molecular formula is C11H18BrNO2. The van der Waals surface area contributed by atoms with Crippen LogP contribution >= 0.6 is 15.9 Å². The lowest BCUT2D eigenvalue weighted by molar-refractivity contribution is -0.143. The number of morpholine rings is 1. The van der Waals surface area contributed by atoms with Crippen LogP contribution in [-0.2, 0) is 9.53 Å². The number of halogens is 1. The van der Waals surface area contributed by atoms with E-state index in [0.29, 0.717) is 25.0 Å². The van der Waals surface area contributed by atoms with E-state index < -0.39 is 0 Å². The van der Waals surface area contributed by atoms with Crippen molar-refractivity contribution >= 4 is 21.8 Å². The highest BCUT2D eigenvalue weighted by Gasteiger charge is 2.37. The van der Waals surface area contributed by atoms with Gasteiger partial charge in [0, 0.05) is 17.8 Å². The van der Waals surface area contributed by atoms with Crippen molar-refractivity contribution in [2.24, 2.45) is 11.8 Å². The van der Waals surface area contributed by atoms with Crippen molar-refractivity contribution in [3.63, 3.8) is 0 Å². The number of alkyl halides is 1. The Bertz CT molecular complexity index is 243. The summed E-state index contributed by atoms with van der Waals surface area (Å²) >= 11 is 3.45. The van der Waals surface area contributed by atoms with Gasteiger partial charge in [0.15, 0.2) is 0 Å². The Morgan fingerprint density at radius 2 is 2.33 bits per heavy atom. The highest BCUT2D eigenvalue weighted by atomic mass is 79.9.